The van der Waals surface area contributed by atoms with E-state index < -0.39 is 5.97 Å². The molecule has 0 saturated heterocycles. The summed E-state index contributed by atoms with van der Waals surface area (Å²) in [6.07, 6.45) is 4.29. The Bertz CT molecular complexity index is 1010. The summed E-state index contributed by atoms with van der Waals surface area (Å²) in [6, 6.07) is 4.95. The number of pyridine rings is 1. The van der Waals surface area contributed by atoms with Crippen molar-refractivity contribution >= 4 is 34.4 Å². The molecule has 0 spiro atoms. The maximum absolute atomic E-state index is 12.2. The van der Waals surface area contributed by atoms with Crippen LogP contribution in [0.1, 0.15) is 26.4 Å². The van der Waals surface area contributed by atoms with Gasteiger partial charge in [0.1, 0.15) is 11.3 Å². The molecule has 0 aliphatic carbocycles. The Kier molecular flexibility index (Phi) is 5.46. The summed E-state index contributed by atoms with van der Waals surface area (Å²) in [5, 5.41) is 3.81. The maximum Gasteiger partial charge on any atom is 0.343 e. The number of aromatic nitrogens is 3. The van der Waals surface area contributed by atoms with Crippen molar-refractivity contribution in [3.05, 3.63) is 58.6 Å². The number of rotatable bonds is 5. The van der Waals surface area contributed by atoms with E-state index in [0.717, 1.165) is 0 Å². The van der Waals surface area contributed by atoms with Crippen LogP contribution in [-0.2, 0) is 11.3 Å². The molecule has 0 radical (unpaired) electrons. The van der Waals surface area contributed by atoms with Crippen LogP contribution < -0.4 is 10.1 Å². The van der Waals surface area contributed by atoms with E-state index in [0.29, 0.717) is 21.5 Å². The molecular weight excluding hydrogens is 372 g/mol. The largest absolute Gasteiger partial charge is 0.480 e. The minimum absolute atomic E-state index is 0.123. The molecule has 3 aromatic rings. The van der Waals surface area contributed by atoms with Crippen molar-refractivity contribution in [2.45, 2.75) is 6.54 Å². The van der Waals surface area contributed by atoms with Gasteiger partial charge in [0.2, 0.25) is 5.88 Å². The number of methoxy groups -OCH3 is 2. The highest BCUT2D eigenvalue weighted by atomic mass is 35.5. The van der Waals surface area contributed by atoms with E-state index in [4.69, 9.17) is 21.1 Å². The fourth-order valence-corrected chi connectivity index (χ4v) is 2.78. The Morgan fingerprint density at radius 3 is 2.67 bits per heavy atom. The van der Waals surface area contributed by atoms with E-state index in [9.17, 15) is 9.59 Å². The van der Waals surface area contributed by atoms with Gasteiger partial charge in [-0.05, 0) is 23.8 Å². The second-order valence-corrected chi connectivity index (χ2v) is 5.88. The van der Waals surface area contributed by atoms with Gasteiger partial charge < -0.3 is 14.8 Å². The molecule has 0 unspecified atom stereocenters. The van der Waals surface area contributed by atoms with Gasteiger partial charge in [0.05, 0.1) is 25.9 Å². The molecule has 1 N–H and O–H groups in total. The molecule has 2 aromatic heterocycles. The number of esters is 1. The van der Waals surface area contributed by atoms with Crippen molar-refractivity contribution in [2.24, 2.45) is 0 Å². The van der Waals surface area contributed by atoms with Gasteiger partial charge in [-0.2, -0.15) is 0 Å². The topological polar surface area (TPSA) is 103 Å². The maximum atomic E-state index is 12.2. The molecule has 2 heterocycles. The monoisotopic (exact) mass is 386 g/mol. The molecule has 0 bridgehead atoms. The highest BCUT2D eigenvalue weighted by molar-refractivity contribution is 6.31. The Morgan fingerprint density at radius 2 is 2.00 bits per heavy atom. The minimum atomic E-state index is -0.571. The Balaban J connectivity index is 1.97. The summed E-state index contributed by atoms with van der Waals surface area (Å²) < 4.78 is 9.96. The van der Waals surface area contributed by atoms with Crippen molar-refractivity contribution in [1.82, 2.24) is 20.3 Å². The SMILES string of the molecule is COC(=O)c1cc2cc(Cl)cc(CNC(=O)c3cnccn3)c2nc1OC. The number of hydrogen-bond acceptors (Lipinski definition) is 7. The number of amides is 1. The number of carbonyl (C=O) groups excluding carboxylic acids is 2. The van der Waals surface area contributed by atoms with Crippen LogP contribution in [-0.4, -0.2) is 41.0 Å². The molecule has 0 saturated carbocycles. The van der Waals surface area contributed by atoms with Crippen molar-refractivity contribution in [3.8, 4) is 5.88 Å². The first kappa shape index (κ1) is 18.5. The third-order valence-electron chi connectivity index (χ3n) is 3.76. The average molecular weight is 387 g/mol. The highest BCUT2D eigenvalue weighted by Crippen LogP contribution is 2.28. The normalized spacial score (nSPS) is 10.5. The number of benzene rings is 1. The number of ether oxygens (including phenoxy) is 2. The highest BCUT2D eigenvalue weighted by Gasteiger charge is 2.18. The molecule has 0 aliphatic heterocycles. The zero-order chi connectivity index (χ0) is 19.4. The van der Waals surface area contributed by atoms with E-state index in [1.165, 1.54) is 32.8 Å². The molecule has 0 atom stereocenters. The lowest BCUT2D eigenvalue weighted by Crippen LogP contribution is -2.24. The smallest absolute Gasteiger partial charge is 0.343 e. The van der Waals surface area contributed by atoms with Crippen LogP contribution in [0.4, 0.5) is 0 Å². The Morgan fingerprint density at radius 1 is 1.19 bits per heavy atom. The summed E-state index contributed by atoms with van der Waals surface area (Å²) >= 11 is 6.19. The third kappa shape index (κ3) is 3.95. The van der Waals surface area contributed by atoms with Crippen LogP contribution in [0, 0.1) is 0 Å². The first-order valence-electron chi connectivity index (χ1n) is 7.83. The fraction of sp³-hybridized carbons (Fsp3) is 0.167. The van der Waals surface area contributed by atoms with Crippen LogP contribution in [0.25, 0.3) is 10.9 Å². The fourth-order valence-electron chi connectivity index (χ4n) is 2.53. The molecule has 0 aliphatic rings. The van der Waals surface area contributed by atoms with Gasteiger partial charge in [0, 0.05) is 29.3 Å². The summed E-state index contributed by atoms with van der Waals surface area (Å²) in [5.74, 6) is -0.828. The van der Waals surface area contributed by atoms with E-state index in [-0.39, 0.29) is 29.6 Å². The van der Waals surface area contributed by atoms with Crippen molar-refractivity contribution in [2.75, 3.05) is 14.2 Å². The second-order valence-electron chi connectivity index (χ2n) is 5.45. The summed E-state index contributed by atoms with van der Waals surface area (Å²) in [5.41, 5.74) is 1.58. The van der Waals surface area contributed by atoms with E-state index in [1.807, 2.05) is 0 Å². The number of carbonyl (C=O) groups is 2. The van der Waals surface area contributed by atoms with Crippen LogP contribution in [0.3, 0.4) is 0 Å². The van der Waals surface area contributed by atoms with Gasteiger partial charge >= 0.3 is 5.97 Å². The zero-order valence-electron chi connectivity index (χ0n) is 14.5. The summed E-state index contributed by atoms with van der Waals surface area (Å²) in [7, 11) is 2.68. The molecule has 1 amide bonds. The van der Waals surface area contributed by atoms with E-state index in [2.05, 4.69) is 20.3 Å². The predicted octanol–water partition coefficient (Wildman–Crippen LogP) is 2.40. The summed E-state index contributed by atoms with van der Waals surface area (Å²) in [6.45, 7) is 0.153. The molecule has 27 heavy (non-hydrogen) atoms. The lowest BCUT2D eigenvalue weighted by Gasteiger charge is -2.12. The summed E-state index contributed by atoms with van der Waals surface area (Å²) in [4.78, 5) is 36.3. The third-order valence-corrected chi connectivity index (χ3v) is 3.98. The van der Waals surface area contributed by atoms with Gasteiger partial charge in [0.25, 0.3) is 5.91 Å². The van der Waals surface area contributed by atoms with Gasteiger partial charge in [-0.15, -0.1) is 0 Å². The quantitative estimate of drug-likeness (QED) is 0.671. The van der Waals surface area contributed by atoms with Crippen molar-refractivity contribution in [3.63, 3.8) is 0 Å². The number of hydrogen-bond donors (Lipinski definition) is 1. The second kappa shape index (κ2) is 7.96. The van der Waals surface area contributed by atoms with Crippen LogP contribution in [0.15, 0.2) is 36.8 Å². The standard InChI is InChI=1S/C18H15ClN4O4/c1-26-17-13(18(25)27-2)7-10-5-12(19)6-11(15(10)23-17)8-22-16(24)14-9-20-3-4-21-14/h3-7,9H,8H2,1-2H3,(H,22,24). The number of halogens is 1. The zero-order valence-corrected chi connectivity index (χ0v) is 15.3. The van der Waals surface area contributed by atoms with Gasteiger partial charge in [-0.1, -0.05) is 11.6 Å². The minimum Gasteiger partial charge on any atom is -0.480 e. The molecule has 1 aromatic carbocycles. The van der Waals surface area contributed by atoms with Crippen molar-refractivity contribution < 1.29 is 19.1 Å². The number of fused-ring (bicyclic) bond motifs is 1. The van der Waals surface area contributed by atoms with Crippen LogP contribution in [0.5, 0.6) is 5.88 Å². The molecule has 0 fully saturated rings. The Labute approximate surface area is 159 Å². The molecule has 3 rings (SSSR count). The number of nitrogens with zero attached hydrogens (tertiary/aromatic N) is 3. The molecule has 138 valence electrons. The first-order valence-corrected chi connectivity index (χ1v) is 8.21. The lowest BCUT2D eigenvalue weighted by atomic mass is 10.1. The van der Waals surface area contributed by atoms with Crippen LogP contribution in [0.2, 0.25) is 5.02 Å². The lowest BCUT2D eigenvalue weighted by molar-refractivity contribution is 0.0596. The van der Waals surface area contributed by atoms with Gasteiger partial charge in [0.15, 0.2) is 0 Å². The number of nitrogens with one attached hydrogen (secondary N) is 1. The van der Waals surface area contributed by atoms with Gasteiger partial charge in [-0.25, -0.2) is 14.8 Å². The Hall–Kier alpha value is -3.26. The van der Waals surface area contributed by atoms with E-state index >= 15 is 0 Å². The van der Waals surface area contributed by atoms with E-state index in [1.54, 1.807) is 18.2 Å². The van der Waals surface area contributed by atoms with Gasteiger partial charge in [-0.3, -0.25) is 9.78 Å². The predicted molar refractivity (Wildman–Crippen MR) is 97.8 cm³/mol. The average Bonchev–Trinajstić information content (AvgIpc) is 2.70. The molecular formula is C18H15ClN4O4. The molecule has 9 heteroatoms. The first-order chi connectivity index (χ1) is 13.0. The van der Waals surface area contributed by atoms with Crippen molar-refractivity contribution in [1.29, 1.82) is 0 Å². The molecule has 8 nitrogen and oxygen atoms in total. The van der Waals surface area contributed by atoms with Crippen LogP contribution >= 0.6 is 11.6 Å².